The number of esters is 1. The van der Waals surface area contributed by atoms with Crippen LogP contribution in [0.5, 0.6) is 0 Å². The lowest BCUT2D eigenvalue weighted by Crippen LogP contribution is -2.50. The van der Waals surface area contributed by atoms with Crippen LogP contribution in [0.15, 0.2) is 0 Å². The Morgan fingerprint density at radius 2 is 1.76 bits per heavy atom. The predicted molar refractivity (Wildman–Crippen MR) is 80.1 cm³/mol. The maximum Gasteiger partial charge on any atom is 0.409 e. The molecule has 0 aromatic carbocycles. The minimum absolute atomic E-state index is 0.174. The molecule has 0 aliphatic carbocycles. The zero-order valence-corrected chi connectivity index (χ0v) is 13.4. The SMILES string of the molecule is CCCC(NC1CCN(C(=O)OCC)CC1)C(=O)OCC. The van der Waals surface area contributed by atoms with Gasteiger partial charge in [0.2, 0.25) is 0 Å². The van der Waals surface area contributed by atoms with Crippen molar-refractivity contribution in [3.63, 3.8) is 0 Å². The number of hydrogen-bond acceptors (Lipinski definition) is 5. The van der Waals surface area contributed by atoms with E-state index in [1.807, 2.05) is 6.92 Å². The molecular formula is C15H28N2O4. The average Bonchev–Trinajstić information content (AvgIpc) is 2.48. The molecule has 0 radical (unpaired) electrons. The molecule has 21 heavy (non-hydrogen) atoms. The molecule has 1 heterocycles. The van der Waals surface area contributed by atoms with Crippen molar-refractivity contribution in [2.45, 2.75) is 58.5 Å². The number of amides is 1. The predicted octanol–water partition coefficient (Wildman–Crippen LogP) is 1.93. The van der Waals surface area contributed by atoms with Gasteiger partial charge < -0.3 is 19.7 Å². The second-order valence-electron chi connectivity index (χ2n) is 5.22. The van der Waals surface area contributed by atoms with Crippen molar-refractivity contribution in [2.24, 2.45) is 0 Å². The van der Waals surface area contributed by atoms with Crippen molar-refractivity contribution in [1.82, 2.24) is 10.2 Å². The molecule has 0 spiro atoms. The van der Waals surface area contributed by atoms with Gasteiger partial charge in [-0.3, -0.25) is 4.79 Å². The summed E-state index contributed by atoms with van der Waals surface area (Å²) < 4.78 is 10.1. The topological polar surface area (TPSA) is 67.9 Å². The fourth-order valence-corrected chi connectivity index (χ4v) is 2.53. The van der Waals surface area contributed by atoms with Crippen LogP contribution in [0.3, 0.4) is 0 Å². The molecule has 0 aromatic rings. The Balaban J connectivity index is 2.41. The zero-order chi connectivity index (χ0) is 15.7. The second kappa shape index (κ2) is 9.60. The van der Waals surface area contributed by atoms with Crippen LogP contribution >= 0.6 is 0 Å². The molecule has 1 N–H and O–H groups in total. The lowest BCUT2D eigenvalue weighted by Gasteiger charge is -2.33. The van der Waals surface area contributed by atoms with E-state index < -0.39 is 0 Å². The highest BCUT2D eigenvalue weighted by atomic mass is 16.6. The zero-order valence-electron chi connectivity index (χ0n) is 13.4. The van der Waals surface area contributed by atoms with Crippen LogP contribution < -0.4 is 5.32 Å². The molecule has 6 heteroatoms. The molecule has 0 bridgehead atoms. The molecule has 1 aliphatic heterocycles. The molecule has 1 amide bonds. The van der Waals surface area contributed by atoms with Gasteiger partial charge in [0.15, 0.2) is 0 Å². The van der Waals surface area contributed by atoms with Gasteiger partial charge in [0.1, 0.15) is 6.04 Å². The van der Waals surface area contributed by atoms with Crippen molar-refractivity contribution in [2.75, 3.05) is 26.3 Å². The summed E-state index contributed by atoms with van der Waals surface area (Å²) in [6.07, 6.45) is 3.12. The highest BCUT2D eigenvalue weighted by molar-refractivity contribution is 5.75. The van der Waals surface area contributed by atoms with Crippen molar-refractivity contribution >= 4 is 12.1 Å². The Kier molecular flexibility index (Phi) is 8.12. The third-order valence-corrected chi connectivity index (χ3v) is 3.61. The first-order valence-electron chi connectivity index (χ1n) is 7.96. The first kappa shape index (κ1) is 17.8. The first-order valence-corrected chi connectivity index (χ1v) is 7.96. The average molecular weight is 300 g/mol. The van der Waals surface area contributed by atoms with E-state index in [1.165, 1.54) is 0 Å². The third-order valence-electron chi connectivity index (χ3n) is 3.61. The first-order chi connectivity index (χ1) is 10.1. The molecule has 0 saturated carbocycles. The molecule has 1 atom stereocenters. The lowest BCUT2D eigenvalue weighted by atomic mass is 10.0. The van der Waals surface area contributed by atoms with E-state index in [4.69, 9.17) is 9.47 Å². The van der Waals surface area contributed by atoms with Gasteiger partial charge in [-0.1, -0.05) is 13.3 Å². The summed E-state index contributed by atoms with van der Waals surface area (Å²) in [7, 11) is 0. The molecule has 1 unspecified atom stereocenters. The number of nitrogens with one attached hydrogen (secondary N) is 1. The van der Waals surface area contributed by atoms with Crippen molar-refractivity contribution in [3.8, 4) is 0 Å². The van der Waals surface area contributed by atoms with E-state index >= 15 is 0 Å². The van der Waals surface area contributed by atoms with Crippen molar-refractivity contribution < 1.29 is 19.1 Å². The summed E-state index contributed by atoms with van der Waals surface area (Å²) in [6.45, 7) is 7.81. The van der Waals surface area contributed by atoms with Gasteiger partial charge >= 0.3 is 12.1 Å². The Morgan fingerprint density at radius 1 is 1.14 bits per heavy atom. The number of rotatable bonds is 7. The molecule has 1 saturated heterocycles. The Bertz CT molecular complexity index is 328. The smallest absolute Gasteiger partial charge is 0.409 e. The molecule has 122 valence electrons. The third kappa shape index (κ3) is 5.91. The monoisotopic (exact) mass is 300 g/mol. The van der Waals surface area contributed by atoms with Crippen LogP contribution in [-0.4, -0.2) is 55.3 Å². The van der Waals surface area contributed by atoms with Gasteiger partial charge in [-0.05, 0) is 33.1 Å². The second-order valence-corrected chi connectivity index (χ2v) is 5.22. The molecule has 1 fully saturated rings. The molecule has 1 rings (SSSR count). The van der Waals surface area contributed by atoms with Gasteiger partial charge in [-0.25, -0.2) is 4.79 Å². The summed E-state index contributed by atoms with van der Waals surface area (Å²) in [6, 6.07) is 0.00530. The van der Waals surface area contributed by atoms with Gasteiger partial charge in [-0.15, -0.1) is 0 Å². The minimum Gasteiger partial charge on any atom is -0.465 e. The fourth-order valence-electron chi connectivity index (χ4n) is 2.53. The fraction of sp³-hybridized carbons (Fsp3) is 0.867. The molecular weight excluding hydrogens is 272 g/mol. The maximum atomic E-state index is 11.9. The summed E-state index contributed by atoms with van der Waals surface area (Å²) >= 11 is 0. The number of ether oxygens (including phenoxy) is 2. The Labute approximate surface area is 127 Å². The lowest BCUT2D eigenvalue weighted by molar-refractivity contribution is -0.146. The van der Waals surface area contributed by atoms with E-state index in [-0.39, 0.29) is 24.1 Å². The highest BCUT2D eigenvalue weighted by Crippen LogP contribution is 2.13. The van der Waals surface area contributed by atoms with Gasteiger partial charge in [-0.2, -0.15) is 0 Å². The van der Waals surface area contributed by atoms with E-state index in [9.17, 15) is 9.59 Å². The maximum absolute atomic E-state index is 11.9. The van der Waals surface area contributed by atoms with Crippen LogP contribution in [0, 0.1) is 0 Å². The van der Waals surface area contributed by atoms with Crippen LogP contribution in [0.25, 0.3) is 0 Å². The van der Waals surface area contributed by atoms with E-state index in [0.717, 1.165) is 25.7 Å². The van der Waals surface area contributed by atoms with Crippen LogP contribution in [0.4, 0.5) is 4.79 Å². The number of piperidine rings is 1. The van der Waals surface area contributed by atoms with Crippen LogP contribution in [-0.2, 0) is 14.3 Å². The quantitative estimate of drug-likeness (QED) is 0.728. The minimum atomic E-state index is -0.244. The Hall–Kier alpha value is -1.30. The summed E-state index contributed by atoms with van der Waals surface area (Å²) in [5.74, 6) is -0.174. The number of likely N-dealkylation sites (tertiary alicyclic amines) is 1. The van der Waals surface area contributed by atoms with E-state index in [2.05, 4.69) is 12.2 Å². The number of carbonyl (C=O) groups is 2. The molecule has 0 aromatic heterocycles. The summed E-state index contributed by atoms with van der Waals surface area (Å²) in [4.78, 5) is 25.3. The molecule has 1 aliphatic rings. The largest absolute Gasteiger partial charge is 0.465 e. The Morgan fingerprint density at radius 3 is 2.29 bits per heavy atom. The van der Waals surface area contributed by atoms with Crippen molar-refractivity contribution in [3.05, 3.63) is 0 Å². The highest BCUT2D eigenvalue weighted by Gasteiger charge is 2.27. The van der Waals surface area contributed by atoms with E-state index in [0.29, 0.717) is 26.3 Å². The standard InChI is InChI=1S/C15H28N2O4/c1-4-7-13(14(18)20-5-2)16-12-8-10-17(11-9-12)15(19)21-6-3/h12-13,16H,4-11H2,1-3H3. The van der Waals surface area contributed by atoms with E-state index in [1.54, 1.807) is 11.8 Å². The van der Waals surface area contributed by atoms with Crippen LogP contribution in [0.1, 0.15) is 46.5 Å². The summed E-state index contributed by atoms with van der Waals surface area (Å²) in [5, 5.41) is 3.38. The van der Waals surface area contributed by atoms with Crippen LogP contribution in [0.2, 0.25) is 0 Å². The molecule has 6 nitrogen and oxygen atoms in total. The van der Waals surface area contributed by atoms with Gasteiger partial charge in [0.05, 0.1) is 13.2 Å². The van der Waals surface area contributed by atoms with Crippen molar-refractivity contribution in [1.29, 1.82) is 0 Å². The number of hydrogen-bond donors (Lipinski definition) is 1. The number of nitrogens with zero attached hydrogens (tertiary/aromatic N) is 1. The normalized spacial score (nSPS) is 17.4. The van der Waals surface area contributed by atoms with Gasteiger partial charge in [0, 0.05) is 19.1 Å². The summed E-state index contributed by atoms with van der Waals surface area (Å²) in [5.41, 5.74) is 0. The van der Waals surface area contributed by atoms with Gasteiger partial charge in [0.25, 0.3) is 0 Å². The number of carbonyl (C=O) groups excluding carboxylic acids is 2.